The van der Waals surface area contributed by atoms with Gasteiger partial charge in [0.2, 0.25) is 5.91 Å². The van der Waals surface area contributed by atoms with Crippen molar-refractivity contribution in [1.29, 1.82) is 0 Å². The molecule has 1 atom stereocenters. The van der Waals surface area contributed by atoms with Gasteiger partial charge < -0.3 is 15.5 Å². The summed E-state index contributed by atoms with van der Waals surface area (Å²) in [7, 11) is 0. The highest BCUT2D eigenvalue weighted by molar-refractivity contribution is 5.91. The number of aliphatic hydroxyl groups is 1. The Morgan fingerprint density at radius 3 is 2.50 bits per heavy atom. The summed E-state index contributed by atoms with van der Waals surface area (Å²) in [5.41, 5.74) is 0. The first-order chi connectivity index (χ1) is 5.61. The number of hydrogen-bond donors (Lipinski definition) is 3. The fraction of sp³-hybridized carbons (Fsp3) is 0.429. The number of allylic oxidation sites excluding steroid dienone is 1. The van der Waals surface area contributed by atoms with E-state index in [0.717, 1.165) is 0 Å². The standard InChI is InChI=1S/C7H11NO4/c1-2-3-6(10)8-5(4-9)7(11)12/h2-3,5,9H,4H2,1H3,(H,8,10)(H,11,12)/t5-/m0/s1. The Hall–Kier alpha value is -1.36. The Morgan fingerprint density at radius 2 is 2.17 bits per heavy atom. The largest absolute Gasteiger partial charge is 0.480 e. The normalized spacial score (nSPS) is 12.8. The van der Waals surface area contributed by atoms with E-state index in [-0.39, 0.29) is 0 Å². The van der Waals surface area contributed by atoms with E-state index in [0.29, 0.717) is 0 Å². The Labute approximate surface area is 69.7 Å². The molecule has 0 saturated carbocycles. The van der Waals surface area contributed by atoms with Gasteiger partial charge in [-0.15, -0.1) is 0 Å². The zero-order valence-electron chi connectivity index (χ0n) is 6.65. The van der Waals surface area contributed by atoms with Crippen molar-refractivity contribution in [2.45, 2.75) is 13.0 Å². The predicted octanol–water partition coefficient (Wildman–Crippen LogP) is -0.876. The molecule has 0 fully saturated rings. The number of aliphatic carboxylic acids is 1. The zero-order chi connectivity index (χ0) is 9.56. The van der Waals surface area contributed by atoms with E-state index in [1.165, 1.54) is 12.2 Å². The molecule has 0 unspecified atom stereocenters. The van der Waals surface area contributed by atoms with Gasteiger partial charge in [0.05, 0.1) is 6.61 Å². The lowest BCUT2D eigenvalue weighted by Crippen LogP contribution is -2.42. The lowest BCUT2D eigenvalue weighted by molar-refractivity contribution is -0.142. The minimum Gasteiger partial charge on any atom is -0.480 e. The first kappa shape index (κ1) is 10.6. The second-order valence-corrected chi connectivity index (χ2v) is 2.08. The van der Waals surface area contributed by atoms with Crippen LogP contribution in [0.3, 0.4) is 0 Å². The number of carbonyl (C=O) groups is 2. The van der Waals surface area contributed by atoms with Gasteiger partial charge in [0.25, 0.3) is 0 Å². The van der Waals surface area contributed by atoms with Gasteiger partial charge in [-0.05, 0) is 13.0 Å². The third-order valence-electron chi connectivity index (χ3n) is 1.12. The van der Waals surface area contributed by atoms with Crippen molar-refractivity contribution in [2.75, 3.05) is 6.61 Å². The first-order valence-electron chi connectivity index (χ1n) is 3.38. The SMILES string of the molecule is CC=CC(=O)N[C@@H](CO)C(=O)O. The molecule has 0 spiro atoms. The van der Waals surface area contributed by atoms with Crippen LogP contribution in [-0.2, 0) is 9.59 Å². The van der Waals surface area contributed by atoms with Gasteiger partial charge in [0.15, 0.2) is 6.04 Å². The van der Waals surface area contributed by atoms with Crippen LogP contribution in [0.4, 0.5) is 0 Å². The van der Waals surface area contributed by atoms with Crippen LogP contribution >= 0.6 is 0 Å². The van der Waals surface area contributed by atoms with Crippen LogP contribution < -0.4 is 5.32 Å². The topological polar surface area (TPSA) is 86.6 Å². The number of carboxylic acid groups (broad SMARTS) is 1. The maximum atomic E-state index is 10.7. The van der Waals surface area contributed by atoms with E-state index >= 15 is 0 Å². The average molecular weight is 173 g/mol. The molecule has 68 valence electrons. The predicted molar refractivity (Wildman–Crippen MR) is 41.5 cm³/mol. The molecule has 0 aromatic heterocycles. The molecule has 0 aliphatic carbocycles. The van der Waals surface area contributed by atoms with Gasteiger partial charge in [-0.1, -0.05) is 6.08 Å². The molecule has 0 radical (unpaired) electrons. The first-order valence-corrected chi connectivity index (χ1v) is 3.38. The molecular weight excluding hydrogens is 162 g/mol. The summed E-state index contributed by atoms with van der Waals surface area (Å²) in [6, 6.07) is -1.23. The molecule has 0 aliphatic heterocycles. The molecule has 1 amide bonds. The van der Waals surface area contributed by atoms with Crippen molar-refractivity contribution in [3.05, 3.63) is 12.2 Å². The van der Waals surface area contributed by atoms with Crippen LogP contribution in [0.25, 0.3) is 0 Å². The van der Waals surface area contributed by atoms with Crippen LogP contribution in [0.5, 0.6) is 0 Å². The van der Waals surface area contributed by atoms with E-state index in [1.807, 2.05) is 0 Å². The fourth-order valence-corrected chi connectivity index (χ4v) is 0.557. The summed E-state index contributed by atoms with van der Waals surface area (Å²) < 4.78 is 0. The highest BCUT2D eigenvalue weighted by atomic mass is 16.4. The Balaban J connectivity index is 4.03. The highest BCUT2D eigenvalue weighted by Crippen LogP contribution is 1.83. The third-order valence-corrected chi connectivity index (χ3v) is 1.12. The summed E-state index contributed by atoms with van der Waals surface area (Å²) in [5.74, 6) is -1.78. The molecule has 3 N–H and O–H groups in total. The number of amides is 1. The average Bonchev–Trinajstić information content (AvgIpc) is 2.00. The van der Waals surface area contributed by atoms with E-state index in [4.69, 9.17) is 10.2 Å². The maximum absolute atomic E-state index is 10.7. The number of rotatable bonds is 4. The molecule has 0 aromatic carbocycles. The second-order valence-electron chi connectivity index (χ2n) is 2.08. The Bertz CT molecular complexity index is 200. The summed E-state index contributed by atoms with van der Waals surface area (Å²) in [4.78, 5) is 21.0. The molecule has 0 rings (SSSR count). The number of carbonyl (C=O) groups excluding carboxylic acids is 1. The summed E-state index contributed by atoms with van der Waals surface area (Å²) >= 11 is 0. The number of nitrogens with one attached hydrogen (secondary N) is 1. The number of carboxylic acids is 1. The summed E-state index contributed by atoms with van der Waals surface area (Å²) in [6.07, 6.45) is 2.66. The maximum Gasteiger partial charge on any atom is 0.328 e. The van der Waals surface area contributed by atoms with Crippen LogP contribution in [0.15, 0.2) is 12.2 Å². The molecule has 5 heteroatoms. The quantitative estimate of drug-likeness (QED) is 0.482. The van der Waals surface area contributed by atoms with Gasteiger partial charge in [0, 0.05) is 0 Å². The van der Waals surface area contributed by atoms with Crippen LogP contribution in [0, 0.1) is 0 Å². The molecule has 0 aliphatic rings. The van der Waals surface area contributed by atoms with Gasteiger partial charge in [-0.25, -0.2) is 4.79 Å². The molecule has 0 saturated heterocycles. The smallest absolute Gasteiger partial charge is 0.328 e. The van der Waals surface area contributed by atoms with Gasteiger partial charge in [-0.3, -0.25) is 4.79 Å². The number of hydrogen-bond acceptors (Lipinski definition) is 3. The van der Waals surface area contributed by atoms with Crippen LogP contribution in [0.2, 0.25) is 0 Å². The van der Waals surface area contributed by atoms with Gasteiger partial charge in [-0.2, -0.15) is 0 Å². The van der Waals surface area contributed by atoms with Crippen molar-refractivity contribution in [3.8, 4) is 0 Å². The lowest BCUT2D eigenvalue weighted by atomic mass is 10.3. The fourth-order valence-electron chi connectivity index (χ4n) is 0.557. The highest BCUT2D eigenvalue weighted by Gasteiger charge is 2.16. The van der Waals surface area contributed by atoms with Crippen LogP contribution in [0.1, 0.15) is 6.92 Å². The van der Waals surface area contributed by atoms with Crippen molar-refractivity contribution in [3.63, 3.8) is 0 Å². The van der Waals surface area contributed by atoms with Crippen molar-refractivity contribution >= 4 is 11.9 Å². The van der Waals surface area contributed by atoms with Crippen molar-refractivity contribution in [2.24, 2.45) is 0 Å². The summed E-state index contributed by atoms with van der Waals surface area (Å²) in [6.45, 7) is 1.02. The van der Waals surface area contributed by atoms with E-state index in [2.05, 4.69) is 5.32 Å². The molecule has 0 bridgehead atoms. The molecule has 0 heterocycles. The molecule has 5 nitrogen and oxygen atoms in total. The van der Waals surface area contributed by atoms with E-state index in [9.17, 15) is 9.59 Å². The van der Waals surface area contributed by atoms with Crippen molar-refractivity contribution < 1.29 is 19.8 Å². The monoisotopic (exact) mass is 173 g/mol. The minimum absolute atomic E-state index is 0.529. The summed E-state index contributed by atoms with van der Waals surface area (Å²) in [5, 5.41) is 19.0. The minimum atomic E-state index is -1.25. The lowest BCUT2D eigenvalue weighted by Gasteiger charge is -2.08. The van der Waals surface area contributed by atoms with Crippen LogP contribution in [-0.4, -0.2) is 34.7 Å². The molecule has 0 aromatic rings. The van der Waals surface area contributed by atoms with Gasteiger partial charge in [0.1, 0.15) is 0 Å². The number of aliphatic hydroxyl groups excluding tert-OH is 1. The molecular formula is C7H11NO4. The van der Waals surface area contributed by atoms with E-state index < -0.39 is 24.5 Å². The van der Waals surface area contributed by atoms with Gasteiger partial charge >= 0.3 is 5.97 Å². The van der Waals surface area contributed by atoms with Crippen molar-refractivity contribution in [1.82, 2.24) is 5.32 Å². The van der Waals surface area contributed by atoms with E-state index in [1.54, 1.807) is 6.92 Å². The Morgan fingerprint density at radius 1 is 1.58 bits per heavy atom. The molecule has 12 heavy (non-hydrogen) atoms. The third kappa shape index (κ3) is 3.72. The zero-order valence-corrected chi connectivity index (χ0v) is 6.65. The second kappa shape index (κ2) is 5.31. The Kier molecular flexibility index (Phi) is 4.71.